The van der Waals surface area contributed by atoms with Gasteiger partial charge in [-0.15, -0.1) is 0 Å². The van der Waals surface area contributed by atoms with Crippen LogP contribution in [0.2, 0.25) is 0 Å². The van der Waals surface area contributed by atoms with E-state index in [-0.39, 0.29) is 24.3 Å². The van der Waals surface area contributed by atoms with E-state index in [0.717, 1.165) is 16.0 Å². The molecule has 0 aromatic heterocycles. The summed E-state index contributed by atoms with van der Waals surface area (Å²) < 4.78 is 0. The van der Waals surface area contributed by atoms with Gasteiger partial charge in [0.1, 0.15) is 12.6 Å². The van der Waals surface area contributed by atoms with Crippen molar-refractivity contribution in [3.05, 3.63) is 71.8 Å². The number of rotatable bonds is 8. The summed E-state index contributed by atoms with van der Waals surface area (Å²) in [5.41, 5.74) is 1.98. The van der Waals surface area contributed by atoms with Crippen molar-refractivity contribution in [1.82, 2.24) is 15.1 Å². The van der Waals surface area contributed by atoms with Gasteiger partial charge in [-0.05, 0) is 23.5 Å². The van der Waals surface area contributed by atoms with Crippen molar-refractivity contribution in [1.29, 1.82) is 0 Å². The molecule has 0 spiro atoms. The summed E-state index contributed by atoms with van der Waals surface area (Å²) in [5.74, 6) is -0.310. The number of imide groups is 1. The Kier molecular flexibility index (Phi) is 6.65. The number of hydrogen-bond acceptors (Lipinski definition) is 3. The molecule has 2 aromatic carbocycles. The second-order valence-electron chi connectivity index (χ2n) is 7.78. The maximum atomic E-state index is 13.1. The molecule has 1 unspecified atom stereocenters. The minimum absolute atomic E-state index is 0.251. The van der Waals surface area contributed by atoms with Gasteiger partial charge in [-0.25, -0.2) is 4.79 Å². The third-order valence-corrected chi connectivity index (χ3v) is 4.89. The molecule has 0 aliphatic carbocycles. The fraction of sp³-hybridized carbons (Fsp3) is 0.348. The monoisotopic (exact) mass is 393 g/mol. The molecule has 1 aliphatic rings. The van der Waals surface area contributed by atoms with Crippen LogP contribution >= 0.6 is 0 Å². The number of urea groups is 1. The lowest BCUT2D eigenvalue weighted by Gasteiger charge is -2.25. The summed E-state index contributed by atoms with van der Waals surface area (Å²) in [4.78, 5) is 40.7. The van der Waals surface area contributed by atoms with Gasteiger partial charge < -0.3 is 10.2 Å². The highest BCUT2D eigenvalue weighted by Crippen LogP contribution is 2.16. The quantitative estimate of drug-likeness (QED) is 0.701. The molecule has 6 nitrogen and oxygen atoms in total. The number of hydrogen-bond donors (Lipinski definition) is 1. The predicted molar refractivity (Wildman–Crippen MR) is 111 cm³/mol. The highest BCUT2D eigenvalue weighted by atomic mass is 16.2. The van der Waals surface area contributed by atoms with Crippen molar-refractivity contribution in [2.45, 2.75) is 39.4 Å². The van der Waals surface area contributed by atoms with Crippen molar-refractivity contribution in [3.8, 4) is 0 Å². The van der Waals surface area contributed by atoms with Crippen molar-refractivity contribution in [2.75, 3.05) is 6.54 Å². The van der Waals surface area contributed by atoms with E-state index in [1.165, 1.54) is 0 Å². The van der Waals surface area contributed by atoms with E-state index in [1.54, 1.807) is 4.90 Å². The summed E-state index contributed by atoms with van der Waals surface area (Å²) in [6.07, 6.45) is 0.563. The Morgan fingerprint density at radius 2 is 1.48 bits per heavy atom. The molecule has 0 saturated carbocycles. The topological polar surface area (TPSA) is 69.7 Å². The second kappa shape index (κ2) is 9.37. The molecule has 0 radical (unpaired) electrons. The zero-order chi connectivity index (χ0) is 20.8. The highest BCUT2D eigenvalue weighted by Gasteiger charge is 2.39. The normalized spacial score (nSPS) is 16.2. The minimum atomic E-state index is -0.549. The number of carbonyl (C=O) groups excluding carboxylic acids is 3. The molecule has 1 fully saturated rings. The molecule has 1 atom stereocenters. The average Bonchev–Trinajstić information content (AvgIpc) is 2.96. The molecule has 0 bridgehead atoms. The average molecular weight is 393 g/mol. The van der Waals surface area contributed by atoms with E-state index >= 15 is 0 Å². The Morgan fingerprint density at radius 1 is 0.966 bits per heavy atom. The molecule has 152 valence electrons. The lowest BCUT2D eigenvalue weighted by atomic mass is 10.0. The maximum Gasteiger partial charge on any atom is 0.325 e. The number of benzene rings is 2. The molecule has 1 N–H and O–H groups in total. The van der Waals surface area contributed by atoms with Crippen molar-refractivity contribution < 1.29 is 14.4 Å². The summed E-state index contributed by atoms with van der Waals surface area (Å²) >= 11 is 0. The van der Waals surface area contributed by atoms with Crippen molar-refractivity contribution >= 4 is 17.8 Å². The van der Waals surface area contributed by atoms with Gasteiger partial charge in [0.05, 0.1) is 0 Å². The molecule has 1 saturated heterocycles. The molecular weight excluding hydrogens is 366 g/mol. The highest BCUT2D eigenvalue weighted by molar-refractivity contribution is 6.06. The van der Waals surface area contributed by atoms with Crippen LogP contribution in [0.25, 0.3) is 0 Å². The van der Waals surface area contributed by atoms with Gasteiger partial charge in [0.25, 0.3) is 5.91 Å². The van der Waals surface area contributed by atoms with Crippen LogP contribution in [0.5, 0.6) is 0 Å². The van der Waals surface area contributed by atoms with Crippen LogP contribution < -0.4 is 5.32 Å². The lowest BCUT2D eigenvalue weighted by molar-refractivity contribution is -0.138. The first kappa shape index (κ1) is 20.6. The first-order chi connectivity index (χ1) is 13.9. The van der Waals surface area contributed by atoms with Crippen molar-refractivity contribution in [2.24, 2.45) is 5.92 Å². The third kappa shape index (κ3) is 5.44. The van der Waals surface area contributed by atoms with Crippen LogP contribution in [0.1, 0.15) is 31.4 Å². The molecular formula is C23H27N3O3. The van der Waals surface area contributed by atoms with E-state index in [4.69, 9.17) is 0 Å². The Hall–Kier alpha value is -3.15. The summed E-state index contributed by atoms with van der Waals surface area (Å²) in [6, 6.07) is 18.3. The number of amides is 4. The van der Waals surface area contributed by atoms with Gasteiger partial charge in [0.2, 0.25) is 5.91 Å². The molecule has 1 heterocycles. The number of nitrogens with one attached hydrogen (secondary N) is 1. The molecule has 4 amide bonds. The first-order valence-corrected chi connectivity index (χ1v) is 9.91. The van der Waals surface area contributed by atoms with Crippen LogP contribution in [-0.2, 0) is 22.7 Å². The van der Waals surface area contributed by atoms with Gasteiger partial charge in [-0.1, -0.05) is 74.5 Å². The minimum Gasteiger partial charge on any atom is -0.332 e. The predicted octanol–water partition coefficient (Wildman–Crippen LogP) is 3.18. The maximum absolute atomic E-state index is 13.1. The van der Waals surface area contributed by atoms with E-state index < -0.39 is 12.1 Å². The Labute approximate surface area is 171 Å². The van der Waals surface area contributed by atoms with E-state index in [9.17, 15) is 14.4 Å². The van der Waals surface area contributed by atoms with Gasteiger partial charge in [-0.2, -0.15) is 0 Å². The Morgan fingerprint density at radius 3 is 1.97 bits per heavy atom. The molecule has 2 aromatic rings. The van der Waals surface area contributed by atoms with Crippen LogP contribution in [0.3, 0.4) is 0 Å². The fourth-order valence-electron chi connectivity index (χ4n) is 3.43. The van der Waals surface area contributed by atoms with Gasteiger partial charge in [0, 0.05) is 13.1 Å². The zero-order valence-corrected chi connectivity index (χ0v) is 16.9. The van der Waals surface area contributed by atoms with Crippen LogP contribution in [0.15, 0.2) is 60.7 Å². The first-order valence-electron chi connectivity index (χ1n) is 9.91. The Balaban J connectivity index is 1.73. The number of carbonyl (C=O) groups is 3. The van der Waals surface area contributed by atoms with Crippen LogP contribution in [0, 0.1) is 5.92 Å². The molecule has 1 aliphatic heterocycles. The lowest BCUT2D eigenvalue weighted by Crippen LogP contribution is -2.43. The fourth-order valence-corrected chi connectivity index (χ4v) is 3.43. The molecule has 6 heteroatoms. The summed E-state index contributed by atoms with van der Waals surface area (Å²) in [5, 5.41) is 2.70. The van der Waals surface area contributed by atoms with E-state index in [0.29, 0.717) is 19.5 Å². The zero-order valence-electron chi connectivity index (χ0n) is 16.9. The summed E-state index contributed by atoms with van der Waals surface area (Å²) in [7, 11) is 0. The van der Waals surface area contributed by atoms with Gasteiger partial charge >= 0.3 is 6.03 Å². The van der Waals surface area contributed by atoms with Crippen LogP contribution in [0.4, 0.5) is 4.79 Å². The van der Waals surface area contributed by atoms with Gasteiger partial charge in [0.15, 0.2) is 0 Å². The third-order valence-electron chi connectivity index (χ3n) is 4.89. The standard InChI is InChI=1S/C23H27N3O3/c1-17(2)13-20-22(28)26(23(29)24-20)16-21(27)25(14-18-9-5-3-6-10-18)15-19-11-7-4-8-12-19/h3-12,17,20H,13-16H2,1-2H3,(H,24,29). The largest absolute Gasteiger partial charge is 0.332 e. The number of nitrogens with zero attached hydrogens (tertiary/aromatic N) is 2. The smallest absolute Gasteiger partial charge is 0.325 e. The van der Waals surface area contributed by atoms with Crippen molar-refractivity contribution in [3.63, 3.8) is 0 Å². The van der Waals surface area contributed by atoms with Crippen LogP contribution in [-0.4, -0.2) is 40.2 Å². The summed E-state index contributed by atoms with van der Waals surface area (Å²) in [6.45, 7) is 4.56. The Bertz CT molecular complexity index is 811. The van der Waals surface area contributed by atoms with E-state index in [2.05, 4.69) is 5.32 Å². The van der Waals surface area contributed by atoms with E-state index in [1.807, 2.05) is 74.5 Å². The second-order valence-corrected chi connectivity index (χ2v) is 7.78. The SMILES string of the molecule is CC(C)CC1NC(=O)N(CC(=O)N(Cc2ccccc2)Cc2ccccc2)C1=O. The van der Waals surface area contributed by atoms with Gasteiger partial charge in [-0.3, -0.25) is 14.5 Å². The molecule has 3 rings (SSSR count). The molecule has 29 heavy (non-hydrogen) atoms.